The molecule has 0 saturated carbocycles. The second-order valence-electron chi connectivity index (χ2n) is 23.0. The molecule has 0 aromatic heterocycles. The lowest BCUT2D eigenvalue weighted by Gasteiger charge is -2.26. The highest BCUT2D eigenvalue weighted by atomic mass is 16.7. The first kappa shape index (κ1) is 74.0. The van der Waals surface area contributed by atoms with Crippen molar-refractivity contribution in [1.82, 2.24) is 0 Å². The van der Waals surface area contributed by atoms with Gasteiger partial charge in [-0.1, -0.05) is 267 Å². The summed E-state index contributed by atoms with van der Waals surface area (Å²) >= 11 is 0. The number of unbranched alkanes of at least 4 members (excludes halogenated alkanes) is 35. The predicted molar refractivity (Wildman–Crippen MR) is 325 cm³/mol. The van der Waals surface area contributed by atoms with E-state index in [9.17, 15) is 19.5 Å². The lowest BCUT2D eigenvalue weighted by Crippen LogP contribution is -2.44. The highest BCUT2D eigenvalue weighted by Gasteiger charge is 2.22. The minimum Gasteiger partial charge on any atom is -0.545 e. The Balaban J connectivity index is 3.94. The van der Waals surface area contributed by atoms with Crippen LogP contribution in [-0.2, 0) is 33.3 Å². The third kappa shape index (κ3) is 60.5. The van der Waals surface area contributed by atoms with Crippen LogP contribution in [0.25, 0.3) is 0 Å². The Morgan fingerprint density at radius 1 is 0.390 bits per heavy atom. The number of hydrogen-bond acceptors (Lipinski definition) is 8. The summed E-state index contributed by atoms with van der Waals surface area (Å²) in [5.74, 6) is -2.29. The van der Waals surface area contributed by atoms with Crippen molar-refractivity contribution in [3.05, 3.63) is 60.8 Å². The number of nitrogens with zero attached hydrogens (tertiary/aromatic N) is 1. The lowest BCUT2D eigenvalue weighted by molar-refractivity contribution is -0.870. The molecule has 0 aromatic rings. The van der Waals surface area contributed by atoms with Crippen molar-refractivity contribution in [1.29, 1.82) is 0 Å². The summed E-state index contributed by atoms with van der Waals surface area (Å²) in [6, 6.07) is 0. The molecule has 0 aromatic carbocycles. The molecule has 0 aliphatic rings. The first-order chi connectivity index (χ1) is 37.6. The average Bonchev–Trinajstić information content (AvgIpc) is 3.40. The molecule has 0 heterocycles. The molecule has 9 heteroatoms. The first-order valence-corrected chi connectivity index (χ1v) is 32.4. The second kappa shape index (κ2) is 59.1. The maximum absolute atomic E-state index is 12.9. The molecule has 448 valence electrons. The van der Waals surface area contributed by atoms with E-state index in [0.29, 0.717) is 17.4 Å². The third-order valence-electron chi connectivity index (χ3n) is 14.2. The van der Waals surface area contributed by atoms with E-state index in [0.717, 1.165) is 77.0 Å². The van der Waals surface area contributed by atoms with Gasteiger partial charge < -0.3 is 33.3 Å². The van der Waals surface area contributed by atoms with Crippen LogP contribution in [0.2, 0.25) is 0 Å². The minimum atomic E-state index is -1.62. The van der Waals surface area contributed by atoms with Gasteiger partial charge in [0, 0.05) is 12.8 Å². The largest absolute Gasteiger partial charge is 0.545 e. The highest BCUT2D eigenvalue weighted by molar-refractivity contribution is 5.70. The van der Waals surface area contributed by atoms with Gasteiger partial charge in [-0.25, -0.2) is 0 Å². The Morgan fingerprint density at radius 2 is 0.727 bits per heavy atom. The maximum Gasteiger partial charge on any atom is 0.306 e. The van der Waals surface area contributed by atoms with Crippen molar-refractivity contribution in [3.8, 4) is 0 Å². The molecule has 9 nitrogen and oxygen atoms in total. The second-order valence-corrected chi connectivity index (χ2v) is 23.0. The maximum atomic E-state index is 12.9. The number of esters is 2. The van der Waals surface area contributed by atoms with Crippen molar-refractivity contribution in [3.63, 3.8) is 0 Å². The van der Waals surface area contributed by atoms with E-state index in [4.69, 9.17) is 18.9 Å². The Kier molecular flexibility index (Phi) is 56.8. The van der Waals surface area contributed by atoms with Gasteiger partial charge in [-0.2, -0.15) is 0 Å². The molecular formula is C68H123NO8. The van der Waals surface area contributed by atoms with E-state index in [1.807, 2.05) is 21.1 Å². The summed E-state index contributed by atoms with van der Waals surface area (Å²) in [5, 5.41) is 11.8. The van der Waals surface area contributed by atoms with Crippen molar-refractivity contribution in [2.24, 2.45) is 0 Å². The van der Waals surface area contributed by atoms with Crippen LogP contribution in [0, 0.1) is 0 Å². The first-order valence-electron chi connectivity index (χ1n) is 32.4. The average molecular weight is 1080 g/mol. The van der Waals surface area contributed by atoms with Crippen LogP contribution in [-0.4, -0.2) is 82.3 Å². The topological polar surface area (TPSA) is 111 Å². The molecule has 77 heavy (non-hydrogen) atoms. The van der Waals surface area contributed by atoms with Crippen molar-refractivity contribution >= 4 is 17.9 Å². The molecule has 0 N–H and O–H groups in total. The fourth-order valence-corrected chi connectivity index (χ4v) is 9.23. The summed E-state index contributed by atoms with van der Waals surface area (Å²) < 4.78 is 22.7. The fourth-order valence-electron chi connectivity index (χ4n) is 9.23. The number of carboxylic acid groups (broad SMARTS) is 1. The Labute approximate surface area is 475 Å². The van der Waals surface area contributed by atoms with Crippen LogP contribution in [0.3, 0.4) is 0 Å². The van der Waals surface area contributed by atoms with Crippen LogP contribution in [0.5, 0.6) is 0 Å². The smallest absolute Gasteiger partial charge is 0.306 e. The van der Waals surface area contributed by atoms with Gasteiger partial charge in [0.25, 0.3) is 0 Å². The van der Waals surface area contributed by atoms with Gasteiger partial charge in [0.05, 0.1) is 40.3 Å². The summed E-state index contributed by atoms with van der Waals surface area (Å²) in [6.07, 6.45) is 73.2. The monoisotopic (exact) mass is 1080 g/mol. The van der Waals surface area contributed by atoms with Gasteiger partial charge in [-0.05, 0) is 77.0 Å². The molecule has 0 amide bonds. The molecule has 2 unspecified atom stereocenters. The van der Waals surface area contributed by atoms with Crippen molar-refractivity contribution in [2.45, 2.75) is 309 Å². The summed E-state index contributed by atoms with van der Waals surface area (Å²) in [5.41, 5.74) is 0. The normalized spacial score (nSPS) is 13.1. The zero-order valence-electron chi connectivity index (χ0n) is 51.1. The number of carbonyl (C=O) groups is 3. The van der Waals surface area contributed by atoms with E-state index >= 15 is 0 Å². The zero-order valence-corrected chi connectivity index (χ0v) is 51.1. The molecule has 0 radical (unpaired) electrons. The number of ether oxygens (including phenoxy) is 4. The molecule has 0 aliphatic carbocycles. The van der Waals surface area contributed by atoms with Gasteiger partial charge in [-0.3, -0.25) is 9.59 Å². The van der Waals surface area contributed by atoms with E-state index in [-0.39, 0.29) is 38.6 Å². The molecule has 0 fully saturated rings. The van der Waals surface area contributed by atoms with Gasteiger partial charge in [0.15, 0.2) is 12.4 Å². The third-order valence-corrected chi connectivity index (χ3v) is 14.2. The Morgan fingerprint density at radius 3 is 1.09 bits per heavy atom. The molecule has 0 spiro atoms. The van der Waals surface area contributed by atoms with Crippen molar-refractivity contribution < 1.29 is 42.9 Å². The van der Waals surface area contributed by atoms with Crippen LogP contribution in [0.1, 0.15) is 296 Å². The molecule has 0 aliphatic heterocycles. The Hall–Kier alpha value is -3.01. The standard InChI is InChI=1S/C68H123NO8/c1-6-8-10-12-14-16-18-20-21-22-23-24-25-26-27-28-29-30-31-32-33-34-35-36-37-38-39-40-41-42-43-44-45-47-49-51-53-55-57-59-66(71)77-64(63-76-68(67(72)73)74-61-60-69(3,4)5)62-75-65(70)58-56-54-52-50-48-46-19-17-15-13-11-9-7-2/h11,13,17-20,22-23,25-26,64,68H,6-10,12,14-16,21,24,27-63H2,1-5H3/b13-11-,19-17-,20-18-,23-22-,26-25-. The quantitative estimate of drug-likeness (QED) is 0.0195. The van der Waals surface area contributed by atoms with E-state index in [1.54, 1.807) is 0 Å². The number of quaternary nitrogens is 1. The summed E-state index contributed by atoms with van der Waals surface area (Å²) in [7, 11) is 5.92. The SMILES string of the molecule is CCC/C=C\C/C=C\CCCCCCCC(=O)OCC(COC(OCC[N+](C)(C)C)C(=O)[O-])OC(=O)CCCCCCCCCCCCCCCCCCCCCCCCCC/C=C\C/C=C\C/C=C\CCCCCCC. The number of rotatable bonds is 60. The fraction of sp³-hybridized carbons (Fsp3) is 0.809. The molecule has 0 rings (SSSR count). The Bertz CT molecular complexity index is 1450. The zero-order chi connectivity index (χ0) is 56.2. The predicted octanol–water partition coefficient (Wildman–Crippen LogP) is 18.2. The van der Waals surface area contributed by atoms with E-state index in [1.165, 1.54) is 186 Å². The molecule has 0 bridgehead atoms. The van der Waals surface area contributed by atoms with Crippen LogP contribution in [0.15, 0.2) is 60.8 Å². The number of allylic oxidation sites excluding steroid dienone is 10. The van der Waals surface area contributed by atoms with Crippen molar-refractivity contribution in [2.75, 3.05) is 47.5 Å². The van der Waals surface area contributed by atoms with E-state index in [2.05, 4.69) is 74.6 Å². The van der Waals surface area contributed by atoms with Crippen LogP contribution >= 0.6 is 0 Å². The van der Waals surface area contributed by atoms with Gasteiger partial charge in [-0.15, -0.1) is 0 Å². The van der Waals surface area contributed by atoms with Gasteiger partial charge in [0.2, 0.25) is 0 Å². The lowest BCUT2D eigenvalue weighted by atomic mass is 10.0. The van der Waals surface area contributed by atoms with Gasteiger partial charge >= 0.3 is 11.9 Å². The number of aliphatic carboxylic acids is 1. The number of hydrogen-bond donors (Lipinski definition) is 0. The van der Waals surface area contributed by atoms with E-state index < -0.39 is 24.3 Å². The highest BCUT2D eigenvalue weighted by Crippen LogP contribution is 2.17. The van der Waals surface area contributed by atoms with Crippen LogP contribution in [0.4, 0.5) is 0 Å². The van der Waals surface area contributed by atoms with Crippen LogP contribution < -0.4 is 5.11 Å². The number of carboxylic acids is 1. The molecule has 0 saturated heterocycles. The summed E-state index contributed by atoms with van der Waals surface area (Å²) in [6.45, 7) is 4.68. The molecule has 2 atom stereocenters. The number of likely N-dealkylation sites (N-methyl/N-ethyl adjacent to an activating group) is 1. The number of carbonyl (C=O) groups excluding carboxylic acids is 3. The molecular weight excluding hydrogens is 959 g/mol. The summed E-state index contributed by atoms with van der Waals surface area (Å²) in [4.78, 5) is 37.2. The van der Waals surface area contributed by atoms with Gasteiger partial charge in [0.1, 0.15) is 13.2 Å². The minimum absolute atomic E-state index is 0.146.